The zero-order valence-electron chi connectivity index (χ0n) is 54.5. The van der Waals surface area contributed by atoms with Crippen LogP contribution in [0.4, 0.5) is 4.39 Å². The van der Waals surface area contributed by atoms with Crippen molar-refractivity contribution in [3.63, 3.8) is 0 Å². The van der Waals surface area contributed by atoms with Crippen LogP contribution in [0.25, 0.3) is 10.8 Å². The summed E-state index contributed by atoms with van der Waals surface area (Å²) < 4.78 is 58.0. The standard InChI is InChI=1S/C28H30FN5O2.C23H29Cl2NO2.C21H26Cl2N2O4S.H3N.3H2/c1-19-2-7-26(32-31-19)28(36)34-12-8-20(9-13-34)15-27(35)30-25-10-11-33(18-25)17-21-3-4-23-16-24(29)6-5-22(23)14-21;1-17(6-7-18-4-3-5-20(14-18)27-2)16-26-12-10-19(11-13-26)28-21-8-9-22(24)23(25)15-21;1-15-3-2-4-19(11-15)30(27,28)24-13-16(26)14-25-9-7-17(8-10-25)29-18-5-6-20(22)21(23)12-18;;;;/h2-7,14-16,25H,8-13,17-18H2,1H3,(H,30,35);3-5,8-9,14-15,17,19H,6-7,10-13,16H2,1-2H3;2-6,11-12,16-17,24,26H,7-10,13-14H2,1H3;1H3;3*1H/t25-;17-;16-;;;;/m111..../s1. The van der Waals surface area contributed by atoms with E-state index in [0.29, 0.717) is 69.9 Å². The van der Waals surface area contributed by atoms with Gasteiger partial charge in [0.25, 0.3) is 5.91 Å². The monoisotopic (exact) mass is 1400 g/mol. The Hall–Kier alpha value is -6.46. The van der Waals surface area contributed by atoms with Crippen LogP contribution in [-0.2, 0) is 27.8 Å². The zero-order valence-corrected chi connectivity index (χ0v) is 58.3. The minimum Gasteiger partial charge on any atom is -0.497 e. The predicted molar refractivity (Wildman–Crippen MR) is 383 cm³/mol. The average molecular weight is 1410 g/mol. The third-order valence-corrected chi connectivity index (χ3v) is 20.2. The maximum absolute atomic E-state index is 13.4. The number of β-amino-alcohol motifs (C(OH)–C–C–N with tert-alkyl or cyclic N) is 1. The fourth-order valence-corrected chi connectivity index (χ4v) is 13.8. The van der Waals surface area contributed by atoms with Gasteiger partial charge < -0.3 is 45.5 Å². The second-order valence-corrected chi connectivity index (χ2v) is 28.3. The predicted octanol–water partition coefficient (Wildman–Crippen LogP) is 14.1. The van der Waals surface area contributed by atoms with Gasteiger partial charge in [-0.3, -0.25) is 14.5 Å². The van der Waals surface area contributed by atoms with Gasteiger partial charge in [-0.1, -0.05) is 101 Å². The van der Waals surface area contributed by atoms with E-state index in [1.54, 1.807) is 84.8 Å². The molecule has 0 spiro atoms. The topological polar surface area (TPSA) is 214 Å². The number of amides is 2. The van der Waals surface area contributed by atoms with E-state index in [9.17, 15) is 27.5 Å². The zero-order chi connectivity index (χ0) is 66.7. The molecule has 1 aromatic heterocycles. The highest BCUT2D eigenvalue weighted by Crippen LogP contribution is 2.31. The normalized spacial score (nSPS) is 17.3. The Kier molecular flexibility index (Phi) is 28.3. The summed E-state index contributed by atoms with van der Waals surface area (Å²) in [6.07, 6.45) is 9.49. The molecular weight excluding hydrogens is 1310 g/mol. The number of methoxy groups -OCH3 is 1. The first kappa shape index (κ1) is 74.3. The molecule has 4 fully saturated rings. The van der Waals surface area contributed by atoms with Crippen LogP contribution in [0.1, 0.15) is 95.4 Å². The Morgan fingerprint density at radius 3 is 1.93 bits per heavy atom. The lowest BCUT2D eigenvalue weighted by Gasteiger charge is -2.33. The number of sulfonamides is 1. The quantitative estimate of drug-likeness (QED) is 0.0493. The van der Waals surface area contributed by atoms with Crippen molar-refractivity contribution in [3.8, 4) is 17.2 Å². The van der Waals surface area contributed by atoms with Gasteiger partial charge in [0.15, 0.2) is 5.69 Å². The number of carbonyl (C=O) groups is 2. The molecule has 6 aromatic carbocycles. The number of aliphatic hydroxyl groups excluding tert-OH is 1. The summed E-state index contributed by atoms with van der Waals surface area (Å²) in [7, 11) is -1.92. The van der Waals surface area contributed by atoms with Gasteiger partial charge >= 0.3 is 0 Å². The van der Waals surface area contributed by atoms with Crippen molar-refractivity contribution in [2.24, 2.45) is 5.92 Å². The Morgan fingerprint density at radius 2 is 1.31 bits per heavy atom. The number of benzene rings is 6. The van der Waals surface area contributed by atoms with E-state index in [2.05, 4.69) is 66.1 Å². The molecule has 95 heavy (non-hydrogen) atoms. The Morgan fingerprint density at radius 1 is 0.684 bits per heavy atom. The Bertz CT molecular complexity index is 3810. The maximum atomic E-state index is 13.4. The summed E-state index contributed by atoms with van der Waals surface area (Å²) >= 11 is 24.0. The molecule has 23 heteroatoms. The number of ether oxygens (including phenoxy) is 3. The van der Waals surface area contributed by atoms with Crippen LogP contribution in [0.2, 0.25) is 20.1 Å². The molecule has 7 aromatic rings. The number of carbonyl (C=O) groups excluding carboxylic acids is 2. The minimum absolute atomic E-state index is 0. The van der Waals surface area contributed by atoms with Crippen LogP contribution >= 0.6 is 46.4 Å². The van der Waals surface area contributed by atoms with E-state index < -0.39 is 16.1 Å². The van der Waals surface area contributed by atoms with Gasteiger partial charge in [0.2, 0.25) is 15.9 Å². The molecule has 6 N–H and O–H groups in total. The summed E-state index contributed by atoms with van der Waals surface area (Å²) in [5, 5.41) is 25.4. The summed E-state index contributed by atoms with van der Waals surface area (Å²) in [5.74, 6) is 2.70. The first-order valence-corrected chi connectivity index (χ1v) is 35.2. The van der Waals surface area contributed by atoms with Gasteiger partial charge in [-0.05, 0) is 184 Å². The summed E-state index contributed by atoms with van der Waals surface area (Å²) in [5.41, 5.74) is 5.59. The van der Waals surface area contributed by atoms with Gasteiger partial charge in [0.1, 0.15) is 35.3 Å². The number of halogens is 5. The van der Waals surface area contributed by atoms with Gasteiger partial charge in [-0.2, -0.15) is 5.10 Å². The first-order valence-electron chi connectivity index (χ1n) is 32.2. The largest absolute Gasteiger partial charge is 0.497 e. The number of fused-ring (bicyclic) bond motifs is 1. The number of aliphatic hydroxyl groups is 1. The fourth-order valence-electron chi connectivity index (χ4n) is 12.1. The second kappa shape index (κ2) is 36.2. The fraction of sp³-hybridized carbons (Fsp3) is 0.417. The van der Waals surface area contributed by atoms with E-state index in [1.165, 1.54) is 23.6 Å². The van der Waals surface area contributed by atoms with Crippen molar-refractivity contribution in [1.29, 1.82) is 0 Å². The number of rotatable bonds is 21. The average Bonchev–Trinajstić information content (AvgIpc) is 1.25. The number of hydrogen-bond donors (Lipinski definition) is 4. The summed E-state index contributed by atoms with van der Waals surface area (Å²) in [6.45, 7) is 14.9. The van der Waals surface area contributed by atoms with E-state index in [4.69, 9.17) is 60.6 Å². The molecule has 4 aliphatic rings. The van der Waals surface area contributed by atoms with Crippen LogP contribution < -0.4 is 30.4 Å². The van der Waals surface area contributed by atoms with E-state index in [1.807, 2.05) is 50.2 Å². The summed E-state index contributed by atoms with van der Waals surface area (Å²) in [6, 6.07) is 40.3. The van der Waals surface area contributed by atoms with Crippen LogP contribution in [0.5, 0.6) is 17.2 Å². The molecule has 5 heterocycles. The van der Waals surface area contributed by atoms with E-state index >= 15 is 0 Å². The molecule has 0 unspecified atom stereocenters. The smallest absolute Gasteiger partial charge is 0.274 e. The molecule has 2 amide bonds. The van der Waals surface area contributed by atoms with E-state index in [-0.39, 0.29) is 57.8 Å². The van der Waals surface area contributed by atoms with Gasteiger partial charge in [0, 0.05) is 107 Å². The van der Waals surface area contributed by atoms with Crippen molar-refractivity contribution in [2.75, 3.05) is 79.1 Å². The number of nitrogens with one attached hydrogen (secondary N) is 2. The van der Waals surface area contributed by atoms with Crippen molar-refractivity contribution >= 4 is 79.0 Å². The maximum Gasteiger partial charge on any atom is 0.274 e. The molecule has 4 aliphatic heterocycles. The van der Waals surface area contributed by atoms with E-state index in [0.717, 1.165) is 130 Å². The lowest BCUT2D eigenvalue weighted by Crippen LogP contribution is -2.45. The van der Waals surface area contributed by atoms with Gasteiger partial charge in [0.05, 0.1) is 43.9 Å². The molecule has 4 saturated heterocycles. The highest BCUT2D eigenvalue weighted by atomic mass is 35.5. The molecule has 0 aliphatic carbocycles. The highest BCUT2D eigenvalue weighted by Gasteiger charge is 2.28. The highest BCUT2D eigenvalue weighted by molar-refractivity contribution is 7.89. The SMILES string of the molecule is COc1cccc(CC[C@@H](C)CN2CCC(Oc3ccc(Cl)c(Cl)c3)CC2)c1.Cc1ccc(C(=O)N2CCC(=CC(=O)N[C@@H]3CCN(Cc4ccc5cc(F)ccc5c4)C3)CC2)nn1.Cc1cccc(S(=O)(=O)NC[C@@H](O)CN2CCC(Oc3ccc(Cl)c(Cl)c3)CC2)c1.N.[HH].[HH].[HH]. The van der Waals surface area contributed by atoms with Crippen LogP contribution in [-0.4, -0.2) is 159 Å². The van der Waals surface area contributed by atoms with Crippen LogP contribution in [0.15, 0.2) is 150 Å². The van der Waals surface area contributed by atoms with Crippen LogP contribution in [0, 0.1) is 25.6 Å². The van der Waals surface area contributed by atoms with Crippen molar-refractivity contribution in [2.45, 2.75) is 114 Å². The Labute approximate surface area is 583 Å². The van der Waals surface area contributed by atoms with Crippen molar-refractivity contribution in [1.82, 2.24) is 46.0 Å². The van der Waals surface area contributed by atoms with Gasteiger partial charge in [-0.15, -0.1) is 5.10 Å². The molecule has 0 saturated carbocycles. The van der Waals surface area contributed by atoms with Gasteiger partial charge in [-0.25, -0.2) is 17.5 Å². The molecule has 516 valence electrons. The number of aryl methyl sites for hydroxylation is 3. The first-order chi connectivity index (χ1) is 45.2. The van der Waals surface area contributed by atoms with Crippen molar-refractivity contribution in [3.05, 3.63) is 199 Å². The third-order valence-electron chi connectivity index (χ3n) is 17.3. The summed E-state index contributed by atoms with van der Waals surface area (Å²) in [4.78, 5) is 34.2. The molecule has 0 radical (unpaired) electrons. The molecule has 3 atom stereocenters. The number of piperidine rings is 3. The minimum atomic E-state index is -3.64. The lowest BCUT2D eigenvalue weighted by molar-refractivity contribution is -0.117. The molecule has 17 nitrogen and oxygen atoms in total. The van der Waals surface area contributed by atoms with Crippen LogP contribution in [0.3, 0.4) is 0 Å². The second-order valence-electron chi connectivity index (χ2n) is 24.9. The number of hydrogen-bond acceptors (Lipinski definition) is 14. The number of aromatic nitrogens is 2. The van der Waals surface area contributed by atoms with Crippen molar-refractivity contribution < 1.29 is 46.0 Å². The number of likely N-dealkylation sites (tertiary alicyclic amines) is 4. The molecule has 0 bridgehead atoms. The number of nitrogens with zero attached hydrogens (tertiary/aromatic N) is 6. The Balaban J connectivity index is 0.000000263. The molecular formula is C72H94Cl4FN9O8S. The molecule has 11 rings (SSSR count). The lowest BCUT2D eigenvalue weighted by atomic mass is 9.99. The third kappa shape index (κ3) is 23.4.